The molecule has 0 saturated heterocycles. The zero-order chi connectivity index (χ0) is 21.3. The summed E-state index contributed by atoms with van der Waals surface area (Å²) >= 11 is 0. The summed E-state index contributed by atoms with van der Waals surface area (Å²) in [7, 11) is 0. The molecule has 156 valence electrons. The zero-order valence-electron chi connectivity index (χ0n) is 17.4. The van der Waals surface area contributed by atoms with Gasteiger partial charge in [0.25, 0.3) is 0 Å². The highest BCUT2D eigenvalue weighted by atomic mass is 16.5. The van der Waals surface area contributed by atoms with Gasteiger partial charge in [0.2, 0.25) is 0 Å². The summed E-state index contributed by atoms with van der Waals surface area (Å²) in [5.74, 6) is 0.875. The normalized spacial score (nSPS) is 10.7. The van der Waals surface area contributed by atoms with Crippen molar-refractivity contribution < 1.29 is 4.74 Å². The van der Waals surface area contributed by atoms with E-state index in [-0.39, 0.29) is 0 Å². The highest BCUT2D eigenvalue weighted by Gasteiger charge is 2.10. The van der Waals surface area contributed by atoms with Crippen LogP contribution in [-0.4, -0.2) is 28.1 Å². The minimum absolute atomic E-state index is 0.711. The molecular formula is C26H26N4O. The molecule has 5 heteroatoms. The number of pyridine rings is 3. The summed E-state index contributed by atoms with van der Waals surface area (Å²) in [5, 5.41) is 0. The number of nitrogens with zero attached hydrogens (tertiary/aromatic N) is 3. The van der Waals surface area contributed by atoms with Gasteiger partial charge < -0.3 is 10.5 Å². The van der Waals surface area contributed by atoms with E-state index in [2.05, 4.69) is 34.2 Å². The van der Waals surface area contributed by atoms with E-state index < -0.39 is 0 Å². The van der Waals surface area contributed by atoms with E-state index in [1.807, 2.05) is 48.5 Å². The molecule has 3 heterocycles. The van der Waals surface area contributed by atoms with Crippen LogP contribution in [0.5, 0.6) is 5.75 Å². The van der Waals surface area contributed by atoms with Gasteiger partial charge in [-0.15, -0.1) is 0 Å². The quantitative estimate of drug-likeness (QED) is 0.375. The van der Waals surface area contributed by atoms with Crippen LogP contribution in [0.15, 0.2) is 85.2 Å². The van der Waals surface area contributed by atoms with Crippen LogP contribution in [0.25, 0.3) is 33.9 Å². The van der Waals surface area contributed by atoms with Crippen molar-refractivity contribution in [2.24, 2.45) is 5.73 Å². The average Bonchev–Trinajstić information content (AvgIpc) is 2.85. The number of hydrogen-bond acceptors (Lipinski definition) is 5. The van der Waals surface area contributed by atoms with Crippen molar-refractivity contribution in [3.8, 4) is 39.7 Å². The van der Waals surface area contributed by atoms with Crippen LogP contribution in [-0.2, 0) is 0 Å². The fourth-order valence-corrected chi connectivity index (χ4v) is 3.35. The monoisotopic (exact) mass is 410 g/mol. The Morgan fingerprint density at radius 1 is 0.645 bits per heavy atom. The Kier molecular flexibility index (Phi) is 6.98. The first-order valence-corrected chi connectivity index (χ1v) is 10.6. The molecule has 0 atom stereocenters. The highest BCUT2D eigenvalue weighted by Crippen LogP contribution is 2.29. The SMILES string of the molecule is NCCCCCOc1ccc(-c2cc(-c3ccccn3)nc(-c3ccccn3)c2)cc1. The summed E-state index contributed by atoms with van der Waals surface area (Å²) in [4.78, 5) is 13.8. The number of aromatic nitrogens is 3. The predicted octanol–water partition coefficient (Wildman–Crippen LogP) is 5.38. The number of unbranched alkanes of at least 4 members (excludes halogenated alkanes) is 2. The Balaban J connectivity index is 1.61. The fraction of sp³-hybridized carbons (Fsp3) is 0.192. The molecule has 0 saturated carbocycles. The van der Waals surface area contributed by atoms with Gasteiger partial charge in [0.15, 0.2) is 0 Å². The number of hydrogen-bond donors (Lipinski definition) is 1. The van der Waals surface area contributed by atoms with Gasteiger partial charge in [0, 0.05) is 12.4 Å². The highest BCUT2D eigenvalue weighted by molar-refractivity contribution is 5.74. The molecule has 2 N–H and O–H groups in total. The van der Waals surface area contributed by atoms with Crippen LogP contribution in [0.3, 0.4) is 0 Å². The maximum Gasteiger partial charge on any atom is 0.119 e. The maximum absolute atomic E-state index is 5.86. The summed E-state index contributed by atoms with van der Waals surface area (Å²) in [6.45, 7) is 1.45. The van der Waals surface area contributed by atoms with Gasteiger partial charge in [-0.1, -0.05) is 24.3 Å². The molecule has 4 rings (SSSR count). The first-order valence-electron chi connectivity index (χ1n) is 10.6. The first-order chi connectivity index (χ1) is 15.3. The second-order valence-corrected chi connectivity index (χ2v) is 7.28. The van der Waals surface area contributed by atoms with E-state index in [0.717, 1.165) is 65.5 Å². The molecular weight excluding hydrogens is 384 g/mol. The van der Waals surface area contributed by atoms with Gasteiger partial charge in [-0.2, -0.15) is 0 Å². The summed E-state index contributed by atoms with van der Waals surface area (Å²) in [6, 6.07) is 24.0. The van der Waals surface area contributed by atoms with Gasteiger partial charge in [-0.25, -0.2) is 4.98 Å². The van der Waals surface area contributed by atoms with Gasteiger partial charge in [0.1, 0.15) is 5.75 Å². The van der Waals surface area contributed by atoms with Crippen molar-refractivity contribution in [2.75, 3.05) is 13.2 Å². The molecule has 0 fully saturated rings. The molecule has 0 aliphatic rings. The lowest BCUT2D eigenvalue weighted by atomic mass is 10.0. The third kappa shape index (κ3) is 5.53. The average molecular weight is 411 g/mol. The van der Waals surface area contributed by atoms with Crippen LogP contribution >= 0.6 is 0 Å². The van der Waals surface area contributed by atoms with Gasteiger partial charge in [-0.3, -0.25) is 9.97 Å². The van der Waals surface area contributed by atoms with Crippen molar-refractivity contribution in [1.29, 1.82) is 0 Å². The first kappa shape index (κ1) is 20.7. The molecule has 0 spiro atoms. The Labute approximate surface area is 183 Å². The lowest BCUT2D eigenvalue weighted by Crippen LogP contribution is -2.01. The second-order valence-electron chi connectivity index (χ2n) is 7.28. The van der Waals surface area contributed by atoms with E-state index in [0.29, 0.717) is 6.61 Å². The van der Waals surface area contributed by atoms with E-state index in [1.54, 1.807) is 12.4 Å². The Bertz CT molecular complexity index is 1030. The number of rotatable bonds is 9. The van der Waals surface area contributed by atoms with Crippen molar-refractivity contribution in [1.82, 2.24) is 15.0 Å². The molecule has 0 bridgehead atoms. The molecule has 0 aliphatic heterocycles. The zero-order valence-corrected chi connectivity index (χ0v) is 17.4. The van der Waals surface area contributed by atoms with Crippen LogP contribution in [0, 0.1) is 0 Å². The predicted molar refractivity (Wildman–Crippen MR) is 125 cm³/mol. The number of benzene rings is 1. The fourth-order valence-electron chi connectivity index (χ4n) is 3.35. The Hall–Kier alpha value is -3.57. The smallest absolute Gasteiger partial charge is 0.119 e. The van der Waals surface area contributed by atoms with Crippen LogP contribution in [0.1, 0.15) is 19.3 Å². The third-order valence-corrected chi connectivity index (χ3v) is 4.98. The molecule has 5 nitrogen and oxygen atoms in total. The molecule has 0 unspecified atom stereocenters. The van der Waals surface area contributed by atoms with Gasteiger partial charge in [0.05, 0.1) is 29.4 Å². The van der Waals surface area contributed by atoms with Crippen molar-refractivity contribution >= 4 is 0 Å². The van der Waals surface area contributed by atoms with E-state index in [4.69, 9.17) is 15.5 Å². The van der Waals surface area contributed by atoms with Gasteiger partial charge in [-0.05, 0) is 85.5 Å². The van der Waals surface area contributed by atoms with E-state index in [1.165, 1.54) is 0 Å². The molecule has 0 amide bonds. The maximum atomic E-state index is 5.86. The topological polar surface area (TPSA) is 73.9 Å². The molecule has 3 aromatic heterocycles. The van der Waals surface area contributed by atoms with E-state index in [9.17, 15) is 0 Å². The van der Waals surface area contributed by atoms with Crippen LogP contribution in [0.4, 0.5) is 0 Å². The lowest BCUT2D eigenvalue weighted by molar-refractivity contribution is 0.306. The Morgan fingerprint density at radius 3 is 1.84 bits per heavy atom. The number of ether oxygens (including phenoxy) is 1. The molecule has 31 heavy (non-hydrogen) atoms. The van der Waals surface area contributed by atoms with Crippen molar-refractivity contribution in [3.63, 3.8) is 0 Å². The van der Waals surface area contributed by atoms with E-state index >= 15 is 0 Å². The summed E-state index contributed by atoms with van der Waals surface area (Å²) in [6.07, 6.45) is 6.72. The minimum Gasteiger partial charge on any atom is -0.494 e. The summed E-state index contributed by atoms with van der Waals surface area (Å²) in [5.41, 5.74) is 11.0. The van der Waals surface area contributed by atoms with Crippen LogP contribution < -0.4 is 10.5 Å². The second kappa shape index (κ2) is 10.5. The lowest BCUT2D eigenvalue weighted by Gasteiger charge is -2.10. The molecule has 1 aromatic carbocycles. The van der Waals surface area contributed by atoms with Gasteiger partial charge >= 0.3 is 0 Å². The molecule has 4 aromatic rings. The third-order valence-electron chi connectivity index (χ3n) is 4.98. The Morgan fingerprint density at radius 2 is 1.29 bits per heavy atom. The minimum atomic E-state index is 0.711. The largest absolute Gasteiger partial charge is 0.494 e. The standard InChI is InChI=1S/C26H26N4O/c27-14-4-1-7-17-31-22-12-10-20(11-13-22)21-18-25(23-8-2-5-15-28-23)30-26(19-21)24-9-3-6-16-29-24/h2-3,5-6,8-13,15-16,18-19H,1,4,7,14,17,27H2. The van der Waals surface area contributed by atoms with Crippen molar-refractivity contribution in [3.05, 3.63) is 85.2 Å². The van der Waals surface area contributed by atoms with Crippen LogP contribution in [0.2, 0.25) is 0 Å². The van der Waals surface area contributed by atoms with Crippen molar-refractivity contribution in [2.45, 2.75) is 19.3 Å². The molecule has 0 aliphatic carbocycles. The summed E-state index contributed by atoms with van der Waals surface area (Å²) < 4.78 is 5.86. The molecule has 0 radical (unpaired) electrons. The number of nitrogens with two attached hydrogens (primary N) is 1.